The highest BCUT2D eigenvalue weighted by Crippen LogP contribution is 2.38. The maximum absolute atomic E-state index is 8.95. The first kappa shape index (κ1) is 18.5. The number of benzene rings is 2. The molecule has 0 fully saturated rings. The van der Waals surface area contributed by atoms with E-state index in [-0.39, 0.29) is 0 Å². The molecule has 136 valence electrons. The van der Waals surface area contributed by atoms with E-state index in [1.54, 1.807) is 12.1 Å². The fraction of sp³-hybridized carbons (Fsp3) is 0.217. The van der Waals surface area contributed by atoms with Crippen molar-refractivity contribution in [2.75, 3.05) is 23.4 Å². The van der Waals surface area contributed by atoms with Gasteiger partial charge in [0, 0.05) is 41.8 Å². The molecule has 0 atom stereocenters. The van der Waals surface area contributed by atoms with Gasteiger partial charge in [0.05, 0.1) is 11.6 Å². The van der Waals surface area contributed by atoms with Gasteiger partial charge in [0.25, 0.3) is 0 Å². The monoisotopic (exact) mass is 356 g/mol. The number of hydrogen-bond acceptors (Lipinski definition) is 3. The van der Waals surface area contributed by atoms with Gasteiger partial charge in [-0.3, -0.25) is 5.41 Å². The fourth-order valence-electron chi connectivity index (χ4n) is 3.43. The zero-order chi connectivity index (χ0) is 19.6. The number of fused-ring (bicyclic) bond motifs is 1. The lowest BCUT2D eigenvalue weighted by Crippen LogP contribution is -2.28. The summed E-state index contributed by atoms with van der Waals surface area (Å²) in [5.41, 5.74) is 7.00. The molecule has 1 N–H and O–H groups in total. The summed E-state index contributed by atoms with van der Waals surface area (Å²) in [4.78, 5) is 4.08. The summed E-state index contributed by atoms with van der Waals surface area (Å²) >= 11 is 0. The number of rotatable bonds is 4. The van der Waals surface area contributed by atoms with Crippen molar-refractivity contribution in [1.29, 1.82) is 10.7 Å². The maximum Gasteiger partial charge on any atom is 0.132 e. The average Bonchev–Trinajstić information content (AvgIpc) is 2.71. The Hall–Kier alpha value is -3.32. The van der Waals surface area contributed by atoms with Crippen molar-refractivity contribution >= 4 is 22.8 Å². The molecule has 0 spiro atoms. The maximum atomic E-state index is 8.95. The Morgan fingerprint density at radius 2 is 1.89 bits per heavy atom. The standard InChI is InChI=1S/C23H24N4/c1-5-18-13-16(3)27(6-2)22-12-11-20(14-21(18)22)26(4)23(25)19-9-7-17(15-24)8-10-19/h7-14,25H,3,5-6H2,1-2,4H3. The van der Waals surface area contributed by atoms with Crippen LogP contribution >= 0.6 is 0 Å². The first-order valence-corrected chi connectivity index (χ1v) is 9.14. The molecule has 0 radical (unpaired) electrons. The van der Waals surface area contributed by atoms with Crippen LogP contribution in [0.15, 0.2) is 60.8 Å². The minimum Gasteiger partial charge on any atom is -0.342 e. The Kier molecular flexibility index (Phi) is 5.14. The van der Waals surface area contributed by atoms with Gasteiger partial charge in [-0.15, -0.1) is 0 Å². The number of allylic oxidation sites excluding steroid dienone is 2. The lowest BCUT2D eigenvalue weighted by molar-refractivity contribution is 0.966. The van der Waals surface area contributed by atoms with Crippen LogP contribution in [0.25, 0.3) is 5.57 Å². The molecule has 27 heavy (non-hydrogen) atoms. The highest BCUT2D eigenvalue weighted by molar-refractivity contribution is 6.08. The lowest BCUT2D eigenvalue weighted by atomic mass is 9.95. The fourth-order valence-corrected chi connectivity index (χ4v) is 3.43. The molecule has 3 rings (SSSR count). The van der Waals surface area contributed by atoms with Crippen LogP contribution < -0.4 is 9.80 Å². The summed E-state index contributed by atoms with van der Waals surface area (Å²) in [7, 11) is 1.90. The number of nitriles is 1. The van der Waals surface area contributed by atoms with Crippen LogP contribution in [0, 0.1) is 16.7 Å². The minimum absolute atomic E-state index is 0.397. The predicted octanol–water partition coefficient (Wildman–Crippen LogP) is 5.17. The van der Waals surface area contributed by atoms with Crippen molar-refractivity contribution in [3.63, 3.8) is 0 Å². The van der Waals surface area contributed by atoms with Crippen LogP contribution in [0.2, 0.25) is 0 Å². The van der Waals surface area contributed by atoms with Crippen molar-refractivity contribution in [1.82, 2.24) is 0 Å². The number of likely N-dealkylation sites (N-methyl/N-ethyl adjacent to an activating group) is 1. The largest absolute Gasteiger partial charge is 0.342 e. The van der Waals surface area contributed by atoms with Crippen molar-refractivity contribution < 1.29 is 0 Å². The second-order valence-electron chi connectivity index (χ2n) is 6.56. The summed E-state index contributed by atoms with van der Waals surface area (Å²) in [5, 5.41) is 17.5. The molecule has 0 saturated heterocycles. The SMILES string of the molecule is C=C1C=C(CC)c2cc(N(C)C(=N)c3ccc(C#N)cc3)ccc2N1CC. The molecule has 0 aliphatic carbocycles. The van der Waals surface area contributed by atoms with E-state index < -0.39 is 0 Å². The Balaban J connectivity index is 1.96. The number of anilines is 2. The Labute approximate surface area is 161 Å². The van der Waals surface area contributed by atoms with E-state index in [9.17, 15) is 0 Å². The van der Waals surface area contributed by atoms with Gasteiger partial charge in [0.1, 0.15) is 5.84 Å². The first-order chi connectivity index (χ1) is 13.0. The minimum atomic E-state index is 0.397. The third-order valence-corrected chi connectivity index (χ3v) is 5.01. The van der Waals surface area contributed by atoms with E-state index in [4.69, 9.17) is 10.7 Å². The smallest absolute Gasteiger partial charge is 0.132 e. The van der Waals surface area contributed by atoms with Crippen LogP contribution in [0.3, 0.4) is 0 Å². The molecule has 0 saturated carbocycles. The summed E-state index contributed by atoms with van der Waals surface area (Å²) < 4.78 is 0. The van der Waals surface area contributed by atoms with Crippen molar-refractivity contribution in [3.05, 3.63) is 77.5 Å². The molecule has 2 aromatic rings. The molecule has 0 aromatic heterocycles. The molecule has 4 nitrogen and oxygen atoms in total. The molecule has 4 heteroatoms. The molecular formula is C23H24N4. The second kappa shape index (κ2) is 7.51. The van der Waals surface area contributed by atoms with Gasteiger partial charge < -0.3 is 9.80 Å². The topological polar surface area (TPSA) is 54.1 Å². The summed E-state index contributed by atoms with van der Waals surface area (Å²) in [6.07, 6.45) is 3.09. The van der Waals surface area contributed by atoms with Crippen LogP contribution in [-0.2, 0) is 0 Å². The zero-order valence-electron chi connectivity index (χ0n) is 16.1. The van der Waals surface area contributed by atoms with Crippen LogP contribution in [0.4, 0.5) is 11.4 Å². The number of nitrogens with zero attached hydrogens (tertiary/aromatic N) is 3. The van der Waals surface area contributed by atoms with E-state index in [0.717, 1.165) is 29.9 Å². The van der Waals surface area contributed by atoms with Crippen LogP contribution in [0.1, 0.15) is 37.0 Å². The molecule has 1 heterocycles. The molecule has 0 bridgehead atoms. The predicted molar refractivity (Wildman–Crippen MR) is 113 cm³/mol. The molecular weight excluding hydrogens is 332 g/mol. The number of hydrogen-bond donors (Lipinski definition) is 1. The summed E-state index contributed by atoms with van der Waals surface area (Å²) in [5.74, 6) is 0.397. The van der Waals surface area contributed by atoms with Gasteiger partial charge in [-0.25, -0.2) is 0 Å². The van der Waals surface area contributed by atoms with Crippen LogP contribution in [-0.4, -0.2) is 19.4 Å². The van der Waals surface area contributed by atoms with Gasteiger partial charge in [-0.2, -0.15) is 5.26 Å². The zero-order valence-corrected chi connectivity index (χ0v) is 16.1. The Bertz CT molecular complexity index is 961. The van der Waals surface area contributed by atoms with Gasteiger partial charge in [0.2, 0.25) is 0 Å². The van der Waals surface area contributed by atoms with Crippen molar-refractivity contribution in [2.45, 2.75) is 20.3 Å². The number of nitrogens with one attached hydrogen (secondary N) is 1. The molecule has 0 amide bonds. The summed E-state index contributed by atoms with van der Waals surface area (Å²) in [6.45, 7) is 9.33. The first-order valence-electron chi connectivity index (χ1n) is 9.14. The van der Waals surface area contributed by atoms with E-state index >= 15 is 0 Å². The van der Waals surface area contributed by atoms with Crippen LogP contribution in [0.5, 0.6) is 0 Å². The normalized spacial score (nSPS) is 12.9. The highest BCUT2D eigenvalue weighted by atomic mass is 15.2. The third-order valence-electron chi connectivity index (χ3n) is 5.01. The van der Waals surface area contributed by atoms with Gasteiger partial charge in [-0.1, -0.05) is 13.5 Å². The average molecular weight is 356 g/mol. The van der Waals surface area contributed by atoms with Gasteiger partial charge in [0.15, 0.2) is 0 Å². The summed E-state index contributed by atoms with van der Waals surface area (Å²) in [6, 6.07) is 15.5. The number of amidine groups is 1. The molecule has 1 aliphatic rings. The van der Waals surface area contributed by atoms with E-state index in [1.807, 2.05) is 30.1 Å². The Morgan fingerprint density at radius 1 is 1.19 bits per heavy atom. The highest BCUT2D eigenvalue weighted by Gasteiger charge is 2.21. The Morgan fingerprint density at radius 3 is 2.48 bits per heavy atom. The van der Waals surface area contributed by atoms with Crippen molar-refractivity contribution in [3.8, 4) is 6.07 Å². The molecule has 2 aromatic carbocycles. The molecule has 0 unspecified atom stereocenters. The van der Waals surface area contributed by atoms with Gasteiger partial charge in [-0.05, 0) is 67.5 Å². The van der Waals surface area contributed by atoms with Gasteiger partial charge >= 0.3 is 0 Å². The van der Waals surface area contributed by atoms with Crippen molar-refractivity contribution in [2.24, 2.45) is 0 Å². The second-order valence-corrected chi connectivity index (χ2v) is 6.56. The van der Waals surface area contributed by atoms with E-state index in [1.165, 1.54) is 16.8 Å². The lowest BCUT2D eigenvalue weighted by Gasteiger charge is -2.32. The molecule has 1 aliphatic heterocycles. The van der Waals surface area contributed by atoms with E-state index in [2.05, 4.69) is 49.6 Å². The third kappa shape index (κ3) is 3.37. The quantitative estimate of drug-likeness (QED) is 0.607. The van der Waals surface area contributed by atoms with E-state index in [0.29, 0.717) is 11.4 Å².